The number of aryl methyl sites for hydroxylation is 1. The van der Waals surface area contributed by atoms with E-state index in [0.29, 0.717) is 40.6 Å². The Balaban J connectivity index is 1.53. The maximum absolute atomic E-state index is 13.1. The molecule has 1 N–H and O–H groups in total. The summed E-state index contributed by atoms with van der Waals surface area (Å²) in [6, 6.07) is 6.40. The molecule has 196 valence electrons. The number of nitrogens with zero attached hydrogens (tertiary/aromatic N) is 4. The Kier molecular flexibility index (Phi) is 8.42. The Hall–Kier alpha value is -2.66. The van der Waals surface area contributed by atoms with Crippen LogP contribution in [0.5, 0.6) is 5.75 Å². The SMILES string of the molecule is CC(=O)N(CC(=O)N(C)c1ccc(Cl)c(COc2cccn3c(Br)c(C)nc23)c1Cl)C(=O)[C@@H]1CCCN1. The molecule has 0 unspecified atom stereocenters. The lowest BCUT2D eigenvalue weighted by Crippen LogP contribution is -2.50. The molecule has 1 aliphatic heterocycles. The summed E-state index contributed by atoms with van der Waals surface area (Å²) >= 11 is 16.6. The van der Waals surface area contributed by atoms with Crippen molar-refractivity contribution in [3.8, 4) is 5.75 Å². The summed E-state index contributed by atoms with van der Waals surface area (Å²) in [6.45, 7) is 3.49. The number of amides is 3. The molecule has 9 nitrogen and oxygen atoms in total. The smallest absolute Gasteiger partial charge is 0.246 e. The molecule has 1 aliphatic rings. The molecule has 2 aromatic heterocycles. The number of imide groups is 1. The fourth-order valence-corrected chi connectivity index (χ4v) is 5.15. The van der Waals surface area contributed by atoms with Crippen molar-refractivity contribution in [1.29, 1.82) is 0 Å². The molecule has 0 radical (unpaired) electrons. The predicted molar refractivity (Wildman–Crippen MR) is 145 cm³/mol. The third-order valence-electron chi connectivity index (χ3n) is 6.29. The second-order valence-electron chi connectivity index (χ2n) is 8.75. The van der Waals surface area contributed by atoms with Crippen molar-refractivity contribution in [3.05, 3.63) is 56.4 Å². The molecule has 4 rings (SSSR count). The molecular formula is C25H26BrCl2N5O4. The second-order valence-corrected chi connectivity index (χ2v) is 10.3. The van der Waals surface area contributed by atoms with Gasteiger partial charge in [0.05, 0.1) is 22.4 Å². The number of likely N-dealkylation sites (N-methyl/N-ethyl adjacent to an activating group) is 1. The molecule has 3 amide bonds. The van der Waals surface area contributed by atoms with Crippen LogP contribution in [-0.2, 0) is 21.0 Å². The van der Waals surface area contributed by atoms with Gasteiger partial charge in [0.25, 0.3) is 0 Å². The molecule has 1 atom stereocenters. The quantitative estimate of drug-likeness (QED) is 0.426. The number of rotatable bonds is 7. The van der Waals surface area contributed by atoms with Gasteiger partial charge in [0.2, 0.25) is 17.7 Å². The zero-order chi connectivity index (χ0) is 26.9. The van der Waals surface area contributed by atoms with Gasteiger partial charge < -0.3 is 15.0 Å². The number of nitrogens with one attached hydrogen (secondary N) is 1. The Bertz CT molecular complexity index is 1370. The lowest BCUT2D eigenvalue weighted by Gasteiger charge is -2.26. The molecule has 12 heteroatoms. The van der Waals surface area contributed by atoms with Crippen molar-refractivity contribution in [2.24, 2.45) is 0 Å². The molecule has 0 saturated carbocycles. The van der Waals surface area contributed by atoms with Crippen molar-refractivity contribution in [2.45, 2.75) is 39.3 Å². The Labute approximate surface area is 232 Å². The van der Waals surface area contributed by atoms with E-state index < -0.39 is 30.3 Å². The van der Waals surface area contributed by atoms with Crippen LogP contribution in [0.2, 0.25) is 10.0 Å². The van der Waals surface area contributed by atoms with Gasteiger partial charge >= 0.3 is 0 Å². The first-order valence-electron chi connectivity index (χ1n) is 11.6. The Morgan fingerprint density at radius 2 is 2.03 bits per heavy atom. The first kappa shape index (κ1) is 27.4. The number of carbonyl (C=O) groups excluding carboxylic acids is 3. The van der Waals surface area contributed by atoms with E-state index >= 15 is 0 Å². The highest BCUT2D eigenvalue weighted by Gasteiger charge is 2.31. The Morgan fingerprint density at radius 1 is 1.27 bits per heavy atom. The molecular weight excluding hydrogens is 585 g/mol. The van der Waals surface area contributed by atoms with Crippen molar-refractivity contribution >= 4 is 68.2 Å². The third kappa shape index (κ3) is 5.62. The lowest BCUT2D eigenvalue weighted by atomic mass is 10.1. The first-order valence-corrected chi connectivity index (χ1v) is 13.2. The molecule has 3 aromatic rings. The van der Waals surface area contributed by atoms with Gasteiger partial charge in [0.1, 0.15) is 17.8 Å². The lowest BCUT2D eigenvalue weighted by molar-refractivity contribution is -0.147. The van der Waals surface area contributed by atoms with Crippen LogP contribution in [0.25, 0.3) is 5.65 Å². The van der Waals surface area contributed by atoms with Crippen LogP contribution in [0.15, 0.2) is 35.1 Å². The minimum atomic E-state index is -0.494. The van der Waals surface area contributed by atoms with Gasteiger partial charge in [-0.15, -0.1) is 0 Å². The van der Waals surface area contributed by atoms with Crippen molar-refractivity contribution in [3.63, 3.8) is 0 Å². The molecule has 0 spiro atoms. The topological polar surface area (TPSA) is 96.2 Å². The van der Waals surface area contributed by atoms with Gasteiger partial charge in [-0.05, 0) is 66.5 Å². The zero-order valence-electron chi connectivity index (χ0n) is 20.6. The number of hydrogen-bond acceptors (Lipinski definition) is 6. The highest BCUT2D eigenvalue weighted by atomic mass is 79.9. The number of aromatic nitrogens is 2. The number of anilines is 1. The zero-order valence-corrected chi connectivity index (χ0v) is 23.7. The highest BCUT2D eigenvalue weighted by Crippen LogP contribution is 2.35. The van der Waals surface area contributed by atoms with E-state index in [4.69, 9.17) is 27.9 Å². The van der Waals surface area contributed by atoms with Crippen LogP contribution in [0, 0.1) is 6.92 Å². The minimum Gasteiger partial charge on any atom is -0.485 e. The van der Waals surface area contributed by atoms with Crippen LogP contribution in [0.4, 0.5) is 5.69 Å². The third-order valence-corrected chi connectivity index (χ3v) is 8.02. The number of ether oxygens (including phenoxy) is 1. The second kappa shape index (κ2) is 11.4. The van der Waals surface area contributed by atoms with Crippen LogP contribution in [-0.4, -0.2) is 58.2 Å². The predicted octanol–water partition coefficient (Wildman–Crippen LogP) is 4.38. The standard InChI is InChI=1S/C25H26BrCl2N5O4/c1-14-23(26)32-11-5-7-20(24(32)30-14)37-13-16-17(27)8-9-19(22(16)28)31(3)21(35)12-33(15(2)34)25(36)18-6-4-10-29-18/h5,7-9,11,18,29H,4,6,10,12-13H2,1-3H3/t18-/m0/s1. The van der Waals surface area contributed by atoms with Gasteiger partial charge in [0.15, 0.2) is 11.4 Å². The van der Waals surface area contributed by atoms with E-state index in [0.717, 1.165) is 21.6 Å². The molecule has 3 heterocycles. The maximum Gasteiger partial charge on any atom is 0.246 e. The number of hydrogen-bond donors (Lipinski definition) is 1. The van der Waals surface area contributed by atoms with Crippen LogP contribution in [0.1, 0.15) is 31.0 Å². The van der Waals surface area contributed by atoms with Gasteiger partial charge in [-0.2, -0.15) is 0 Å². The average Bonchev–Trinajstić information content (AvgIpc) is 3.50. The van der Waals surface area contributed by atoms with Crippen LogP contribution >= 0.6 is 39.1 Å². The van der Waals surface area contributed by atoms with Crippen LogP contribution in [0.3, 0.4) is 0 Å². The van der Waals surface area contributed by atoms with E-state index in [2.05, 4.69) is 26.2 Å². The van der Waals surface area contributed by atoms with E-state index in [1.165, 1.54) is 18.9 Å². The van der Waals surface area contributed by atoms with Gasteiger partial charge in [-0.1, -0.05) is 23.2 Å². The van der Waals surface area contributed by atoms with Gasteiger partial charge in [0, 0.05) is 30.8 Å². The average molecular weight is 611 g/mol. The summed E-state index contributed by atoms with van der Waals surface area (Å²) in [6.07, 6.45) is 3.33. The maximum atomic E-state index is 13.1. The van der Waals surface area contributed by atoms with E-state index in [1.807, 2.05) is 23.6 Å². The highest BCUT2D eigenvalue weighted by molar-refractivity contribution is 9.10. The van der Waals surface area contributed by atoms with Crippen molar-refractivity contribution < 1.29 is 19.1 Å². The van der Waals surface area contributed by atoms with E-state index in [-0.39, 0.29) is 11.6 Å². The van der Waals surface area contributed by atoms with Crippen molar-refractivity contribution in [2.75, 3.05) is 25.0 Å². The number of benzene rings is 1. The summed E-state index contributed by atoms with van der Waals surface area (Å²) in [5.74, 6) is -0.834. The van der Waals surface area contributed by atoms with Crippen molar-refractivity contribution in [1.82, 2.24) is 19.6 Å². The summed E-state index contributed by atoms with van der Waals surface area (Å²) in [5.41, 5.74) is 2.31. The number of pyridine rings is 1. The molecule has 37 heavy (non-hydrogen) atoms. The van der Waals surface area contributed by atoms with Gasteiger partial charge in [-0.25, -0.2) is 4.98 Å². The fourth-order valence-electron chi connectivity index (χ4n) is 4.17. The molecule has 1 aromatic carbocycles. The molecule has 1 saturated heterocycles. The number of fused-ring (bicyclic) bond motifs is 1. The van der Waals surface area contributed by atoms with E-state index in [1.54, 1.807) is 18.2 Å². The monoisotopic (exact) mass is 609 g/mol. The summed E-state index contributed by atoms with van der Waals surface area (Å²) in [4.78, 5) is 44.9. The molecule has 0 bridgehead atoms. The van der Waals surface area contributed by atoms with E-state index in [9.17, 15) is 14.4 Å². The summed E-state index contributed by atoms with van der Waals surface area (Å²) in [5, 5.41) is 3.67. The summed E-state index contributed by atoms with van der Waals surface area (Å²) in [7, 11) is 1.53. The van der Waals surface area contributed by atoms with Gasteiger partial charge in [-0.3, -0.25) is 23.7 Å². The number of imidazole rings is 1. The Morgan fingerprint density at radius 3 is 2.70 bits per heavy atom. The first-order chi connectivity index (χ1) is 17.6. The fraction of sp³-hybridized carbons (Fsp3) is 0.360. The molecule has 0 aliphatic carbocycles. The number of halogens is 3. The number of carbonyl (C=O) groups is 3. The summed E-state index contributed by atoms with van der Waals surface area (Å²) < 4.78 is 8.72. The van der Waals surface area contributed by atoms with Crippen LogP contribution < -0.4 is 15.0 Å². The normalized spacial score (nSPS) is 15.1. The minimum absolute atomic E-state index is 0.0299. The molecule has 1 fully saturated rings. The largest absolute Gasteiger partial charge is 0.485 e.